The van der Waals surface area contributed by atoms with E-state index in [0.29, 0.717) is 52.2 Å². The van der Waals surface area contributed by atoms with Crippen molar-refractivity contribution in [3.8, 4) is 11.1 Å². The zero-order valence-electron chi connectivity index (χ0n) is 27.3. The highest BCUT2D eigenvalue weighted by molar-refractivity contribution is 9.10. The van der Waals surface area contributed by atoms with Crippen LogP contribution in [0.25, 0.3) is 27.6 Å². The lowest BCUT2D eigenvalue weighted by atomic mass is 9.87. The van der Waals surface area contributed by atoms with Crippen molar-refractivity contribution in [3.05, 3.63) is 88.9 Å². The third-order valence-electron chi connectivity index (χ3n) is 9.03. The first-order chi connectivity index (χ1) is 23.5. The predicted octanol–water partition coefficient (Wildman–Crippen LogP) is 4.85. The molecular weight excluding hydrogens is 690 g/mol. The molecule has 0 radical (unpaired) electrons. The molecule has 2 atom stereocenters. The van der Waals surface area contributed by atoms with E-state index in [9.17, 15) is 14.4 Å². The number of benzene rings is 1. The summed E-state index contributed by atoms with van der Waals surface area (Å²) < 4.78 is 9.86. The topological polar surface area (TPSA) is 150 Å². The molecule has 1 fully saturated rings. The molecule has 4 bridgehead atoms. The number of ketones is 1. The van der Waals surface area contributed by atoms with Gasteiger partial charge in [0.25, 0.3) is 0 Å². The van der Waals surface area contributed by atoms with Gasteiger partial charge in [-0.05, 0) is 58.6 Å². The molecule has 0 unspecified atom stereocenters. The molecule has 0 saturated carbocycles. The van der Waals surface area contributed by atoms with Gasteiger partial charge in [-0.2, -0.15) is 10.2 Å². The average Bonchev–Trinajstić information content (AvgIpc) is 3.77. The van der Waals surface area contributed by atoms with Gasteiger partial charge in [0.2, 0.25) is 11.8 Å². The van der Waals surface area contributed by atoms with Crippen LogP contribution in [0.3, 0.4) is 0 Å². The molecule has 1 saturated heterocycles. The molecule has 4 aromatic heterocycles. The van der Waals surface area contributed by atoms with Gasteiger partial charge in [0.15, 0.2) is 5.78 Å². The Morgan fingerprint density at radius 3 is 2.65 bits per heavy atom. The number of aryl methyl sites for hydroxylation is 1. The number of nitrogens with one attached hydrogen (secondary N) is 1. The quantitative estimate of drug-likeness (QED) is 0.203. The Hall–Kier alpha value is -5.08. The fourth-order valence-corrected chi connectivity index (χ4v) is 6.86. The highest BCUT2D eigenvalue weighted by atomic mass is 79.9. The molecule has 7 rings (SSSR count). The lowest BCUT2D eigenvalue weighted by molar-refractivity contribution is -0.137. The Labute approximate surface area is 290 Å². The molecule has 250 valence electrons. The van der Waals surface area contributed by atoms with Crippen LogP contribution in [0.4, 0.5) is 5.82 Å². The predicted molar refractivity (Wildman–Crippen MR) is 185 cm³/mol. The van der Waals surface area contributed by atoms with Gasteiger partial charge in [0.05, 0.1) is 24.9 Å². The number of hydrogen-bond donors (Lipinski definition) is 1. The molecule has 2 amide bonds. The lowest BCUT2D eigenvalue weighted by Gasteiger charge is -2.25. The summed E-state index contributed by atoms with van der Waals surface area (Å²) >= 11 is 3.41. The molecule has 14 heteroatoms. The number of anilines is 1. The number of carbonyl (C=O) groups is 3. The van der Waals surface area contributed by atoms with Crippen molar-refractivity contribution in [1.82, 2.24) is 39.4 Å². The van der Waals surface area contributed by atoms with Crippen LogP contribution in [0.5, 0.6) is 0 Å². The summed E-state index contributed by atoms with van der Waals surface area (Å²) in [4.78, 5) is 55.7. The molecule has 6 heterocycles. The van der Waals surface area contributed by atoms with Gasteiger partial charge in [-0.1, -0.05) is 25.6 Å². The molecule has 2 aliphatic rings. The van der Waals surface area contributed by atoms with E-state index in [4.69, 9.17) is 4.74 Å². The van der Waals surface area contributed by atoms with E-state index in [-0.39, 0.29) is 43.1 Å². The van der Waals surface area contributed by atoms with Crippen molar-refractivity contribution >= 4 is 55.8 Å². The zero-order valence-corrected chi connectivity index (χ0v) is 28.9. The monoisotopic (exact) mass is 723 g/mol. The van der Waals surface area contributed by atoms with Crippen molar-refractivity contribution in [2.75, 3.05) is 18.5 Å². The average molecular weight is 725 g/mol. The number of likely N-dealkylation sites (tertiary alicyclic amines) is 1. The number of ether oxygens (including phenoxy) is 1. The first-order valence-electron chi connectivity index (χ1n) is 15.8. The molecule has 1 aromatic carbocycles. The van der Waals surface area contributed by atoms with Crippen LogP contribution in [0.1, 0.15) is 47.7 Å². The number of Topliss-reactive ketones (excluding diaryl/α,β-unsaturated/α-hetero) is 1. The number of rotatable bonds is 4. The summed E-state index contributed by atoms with van der Waals surface area (Å²) in [5.74, 6) is 0.119. The third kappa shape index (κ3) is 6.53. The lowest BCUT2D eigenvalue weighted by Crippen LogP contribution is -2.45. The Balaban J connectivity index is 1.23. The summed E-state index contributed by atoms with van der Waals surface area (Å²) in [5.41, 5.74) is 4.33. The highest BCUT2D eigenvalue weighted by Crippen LogP contribution is 2.38. The van der Waals surface area contributed by atoms with Crippen molar-refractivity contribution < 1.29 is 19.1 Å². The first-order valence-corrected chi connectivity index (χ1v) is 16.6. The second-order valence-corrected chi connectivity index (χ2v) is 13.8. The van der Waals surface area contributed by atoms with Crippen LogP contribution in [-0.2, 0) is 34.0 Å². The van der Waals surface area contributed by atoms with E-state index < -0.39 is 11.5 Å². The van der Waals surface area contributed by atoms with E-state index in [1.165, 1.54) is 11.6 Å². The Kier molecular flexibility index (Phi) is 8.45. The normalized spacial score (nSPS) is 19.7. The molecule has 5 aromatic rings. The number of nitrogens with zero attached hydrogens (tertiary/aromatic N) is 8. The van der Waals surface area contributed by atoms with Crippen molar-refractivity contribution in [2.24, 2.45) is 5.41 Å². The van der Waals surface area contributed by atoms with Gasteiger partial charge in [-0.25, -0.2) is 15.0 Å². The van der Waals surface area contributed by atoms with Gasteiger partial charge in [-0.3, -0.25) is 23.7 Å². The smallest absolute Gasteiger partial charge is 0.248 e. The summed E-state index contributed by atoms with van der Waals surface area (Å²) in [7, 11) is 0. The van der Waals surface area contributed by atoms with Gasteiger partial charge in [-0.15, -0.1) is 0 Å². The Bertz CT molecular complexity index is 2140. The summed E-state index contributed by atoms with van der Waals surface area (Å²) in [5, 5.41) is 12.7. The maximum absolute atomic E-state index is 14.3. The van der Waals surface area contributed by atoms with Crippen molar-refractivity contribution in [3.63, 3.8) is 0 Å². The Morgan fingerprint density at radius 1 is 1.08 bits per heavy atom. The minimum absolute atomic E-state index is 0.170. The van der Waals surface area contributed by atoms with Crippen LogP contribution >= 0.6 is 15.9 Å². The van der Waals surface area contributed by atoms with E-state index in [1.54, 1.807) is 29.6 Å². The summed E-state index contributed by atoms with van der Waals surface area (Å²) in [6.45, 7) is 10.6. The minimum atomic E-state index is -0.801. The maximum atomic E-state index is 14.3. The molecule has 0 aliphatic carbocycles. The molecular formula is C35H34BrN9O4. The first kappa shape index (κ1) is 32.5. The fraction of sp³-hybridized carbons (Fsp3) is 0.314. The number of aromatic nitrogens is 7. The number of halogens is 1. The second-order valence-electron chi connectivity index (χ2n) is 13.0. The largest absolute Gasteiger partial charge is 0.372 e. The van der Waals surface area contributed by atoms with Crippen molar-refractivity contribution in [1.29, 1.82) is 0 Å². The standard InChI is InChI=1S/C35H34BrN9O4/c1-20-16-49-17-24-6-8-30(36)40-33(24)41-34(48)29-10-35(4,18-43-14-26(20)13-39-43)19-44(29)31(47)15-45-28-7-5-23(25-11-37-22(3)38-12-25)9-27(28)32(42-45)21(2)46/h5-9,11-14,29H,1,10,15-19H2,2-4H3,(H,40,41,48)/t29-,35+/m0/s1. The fourth-order valence-electron chi connectivity index (χ4n) is 6.55. The third-order valence-corrected chi connectivity index (χ3v) is 9.47. The van der Waals surface area contributed by atoms with Crippen molar-refractivity contribution in [2.45, 2.75) is 52.9 Å². The van der Waals surface area contributed by atoms with Crippen LogP contribution in [0, 0.1) is 12.3 Å². The van der Waals surface area contributed by atoms with Crippen LogP contribution in [0.15, 0.2) is 66.3 Å². The van der Waals surface area contributed by atoms with Crippen LogP contribution in [0.2, 0.25) is 0 Å². The van der Waals surface area contributed by atoms with E-state index in [1.807, 2.05) is 49.0 Å². The summed E-state index contributed by atoms with van der Waals surface area (Å²) in [6.07, 6.45) is 7.52. The minimum Gasteiger partial charge on any atom is -0.372 e. The molecule has 1 N–H and O–H groups in total. The molecule has 0 spiro atoms. The van der Waals surface area contributed by atoms with Gasteiger partial charge in [0, 0.05) is 66.1 Å². The number of amides is 2. The Morgan fingerprint density at radius 2 is 1.88 bits per heavy atom. The van der Waals surface area contributed by atoms with E-state index in [2.05, 4.69) is 53.0 Å². The van der Waals surface area contributed by atoms with E-state index in [0.717, 1.165) is 22.3 Å². The number of hydrogen-bond acceptors (Lipinski definition) is 9. The summed E-state index contributed by atoms with van der Waals surface area (Å²) in [6, 6.07) is 8.41. The van der Waals surface area contributed by atoms with Crippen LogP contribution < -0.4 is 5.32 Å². The maximum Gasteiger partial charge on any atom is 0.248 e. The number of pyridine rings is 1. The molecule has 49 heavy (non-hydrogen) atoms. The van der Waals surface area contributed by atoms with Gasteiger partial charge >= 0.3 is 0 Å². The van der Waals surface area contributed by atoms with Gasteiger partial charge < -0.3 is 15.0 Å². The molecule has 13 nitrogen and oxygen atoms in total. The second kappa shape index (κ2) is 12.7. The SMILES string of the molecule is C=C1COCc2ccc(Br)nc2NC(=O)[C@@H]2C[C@@](C)(CN2C(=O)Cn2nc(C(C)=O)c3cc(-c4cnc(C)nc4)ccc32)Cn2cc1cn2. The molecule has 2 aliphatic heterocycles. The van der Waals surface area contributed by atoms with Crippen LogP contribution in [-0.4, -0.2) is 76.2 Å². The highest BCUT2D eigenvalue weighted by Gasteiger charge is 2.47. The van der Waals surface area contributed by atoms with Gasteiger partial charge in [0.1, 0.15) is 34.5 Å². The van der Waals surface area contributed by atoms with E-state index >= 15 is 0 Å². The number of fused-ring (bicyclic) bond motifs is 6. The number of carbonyl (C=O) groups excluding carboxylic acids is 3. The zero-order chi connectivity index (χ0) is 34.4.